The highest BCUT2D eigenvalue weighted by Gasteiger charge is 2.19. The van der Waals surface area contributed by atoms with Gasteiger partial charge < -0.3 is 30.4 Å². The lowest BCUT2D eigenvalue weighted by molar-refractivity contribution is 0.102. The molecule has 4 N–H and O–H groups in total. The number of amides is 1. The van der Waals surface area contributed by atoms with Gasteiger partial charge in [0.25, 0.3) is 11.5 Å². The third-order valence-electron chi connectivity index (χ3n) is 5.46. The fourth-order valence-electron chi connectivity index (χ4n) is 3.73. The summed E-state index contributed by atoms with van der Waals surface area (Å²) in [6, 6.07) is 12.7. The molecule has 3 aromatic rings. The van der Waals surface area contributed by atoms with Crippen molar-refractivity contribution >= 4 is 34.6 Å². The minimum atomic E-state index is -0.921. The molecule has 0 saturated carbocycles. The molecule has 2 aromatic carbocycles. The summed E-state index contributed by atoms with van der Waals surface area (Å²) in [4.78, 5) is 29.7. The van der Waals surface area contributed by atoms with Crippen molar-refractivity contribution in [2.24, 2.45) is 0 Å². The Kier molecular flexibility index (Phi) is 7.46. The van der Waals surface area contributed by atoms with E-state index in [1.807, 2.05) is 4.90 Å². The van der Waals surface area contributed by atoms with Gasteiger partial charge in [-0.05, 0) is 42.0 Å². The quantitative estimate of drug-likeness (QED) is 0.408. The molecular weight excluding hydrogens is 463 g/mol. The monoisotopic (exact) mass is 486 g/mol. The number of aliphatic hydroxyl groups is 1. The number of aromatic nitrogens is 1. The van der Waals surface area contributed by atoms with Crippen molar-refractivity contribution in [2.75, 3.05) is 48.4 Å². The van der Waals surface area contributed by atoms with Crippen LogP contribution in [0.4, 0.5) is 21.5 Å². The van der Waals surface area contributed by atoms with Gasteiger partial charge in [0.15, 0.2) is 0 Å². The number of rotatable bonds is 7. The first kappa shape index (κ1) is 23.7. The normalized spacial score (nSPS) is 14.5. The van der Waals surface area contributed by atoms with E-state index < -0.39 is 23.4 Å². The number of carbonyl (C=O) groups excluding carboxylic acids is 1. The van der Waals surface area contributed by atoms with Gasteiger partial charge in [0.2, 0.25) is 0 Å². The Bertz CT molecular complexity index is 1230. The molecule has 0 radical (unpaired) electrons. The number of hydrogen-bond acceptors (Lipinski definition) is 6. The average molecular weight is 487 g/mol. The molecule has 0 bridgehead atoms. The number of aromatic amines is 1. The van der Waals surface area contributed by atoms with Crippen molar-refractivity contribution in [1.29, 1.82) is 0 Å². The highest BCUT2D eigenvalue weighted by Crippen LogP contribution is 2.25. The molecule has 1 atom stereocenters. The van der Waals surface area contributed by atoms with Crippen molar-refractivity contribution in [3.8, 4) is 0 Å². The Hall–Kier alpha value is -3.40. The SMILES string of the molecule is O=C(Nc1ccc(N2CCOCC2)c(F)c1)c1c(NC[C@@H](O)c2cccc(Cl)c2)cc[nH]c1=O. The summed E-state index contributed by atoms with van der Waals surface area (Å²) >= 11 is 5.97. The Balaban J connectivity index is 1.48. The fourth-order valence-corrected chi connectivity index (χ4v) is 3.93. The minimum absolute atomic E-state index is 0.0347. The van der Waals surface area contributed by atoms with Gasteiger partial charge >= 0.3 is 0 Å². The zero-order valence-electron chi connectivity index (χ0n) is 18.2. The first-order chi connectivity index (χ1) is 16.4. The van der Waals surface area contributed by atoms with Crippen LogP contribution in [0.5, 0.6) is 0 Å². The predicted octanol–water partition coefficient (Wildman–Crippen LogP) is 3.40. The van der Waals surface area contributed by atoms with Gasteiger partial charge in [-0.15, -0.1) is 0 Å². The van der Waals surface area contributed by atoms with E-state index in [1.165, 1.54) is 18.3 Å². The molecule has 0 aliphatic carbocycles. The summed E-state index contributed by atoms with van der Waals surface area (Å²) in [6.45, 7) is 2.25. The van der Waals surface area contributed by atoms with Crippen LogP contribution in [-0.2, 0) is 4.74 Å². The van der Waals surface area contributed by atoms with E-state index in [-0.39, 0.29) is 23.5 Å². The first-order valence-corrected chi connectivity index (χ1v) is 11.1. The standard InChI is InChI=1S/C24H24ClFN4O4/c25-16-3-1-2-15(12-16)21(31)14-28-19-6-7-27-23(32)22(19)24(33)29-17-4-5-20(18(26)13-17)30-8-10-34-11-9-30/h1-7,12-13,21,31H,8-11,14H2,(H,29,33)(H2,27,28,32)/t21-/m1/s1. The van der Waals surface area contributed by atoms with Crippen molar-refractivity contribution < 1.29 is 19.0 Å². The number of morpholine rings is 1. The van der Waals surface area contributed by atoms with Crippen molar-refractivity contribution in [3.05, 3.63) is 87.0 Å². The molecule has 1 aliphatic heterocycles. The van der Waals surface area contributed by atoms with E-state index in [4.69, 9.17) is 16.3 Å². The number of ether oxygens (including phenoxy) is 1. The van der Waals surface area contributed by atoms with E-state index in [0.717, 1.165) is 0 Å². The van der Waals surface area contributed by atoms with Crippen molar-refractivity contribution in [3.63, 3.8) is 0 Å². The molecule has 8 nitrogen and oxygen atoms in total. The highest BCUT2D eigenvalue weighted by atomic mass is 35.5. The summed E-state index contributed by atoms with van der Waals surface area (Å²) < 4.78 is 20.0. The first-order valence-electron chi connectivity index (χ1n) is 10.7. The van der Waals surface area contributed by atoms with Crippen LogP contribution in [0.3, 0.4) is 0 Å². The van der Waals surface area contributed by atoms with Crippen LogP contribution in [-0.4, -0.2) is 48.8 Å². The molecule has 1 fully saturated rings. The molecule has 1 saturated heterocycles. The van der Waals surface area contributed by atoms with Gasteiger partial charge in [-0.1, -0.05) is 23.7 Å². The van der Waals surface area contributed by atoms with Gasteiger partial charge in [0.1, 0.15) is 11.4 Å². The van der Waals surface area contributed by atoms with Gasteiger partial charge in [-0.3, -0.25) is 9.59 Å². The number of hydrogen-bond donors (Lipinski definition) is 4. The second-order valence-electron chi connectivity index (χ2n) is 7.77. The molecule has 1 aliphatic rings. The molecule has 0 unspecified atom stereocenters. The van der Waals surface area contributed by atoms with E-state index in [1.54, 1.807) is 36.4 Å². The van der Waals surface area contributed by atoms with Gasteiger partial charge in [0.05, 0.1) is 30.7 Å². The van der Waals surface area contributed by atoms with Crippen LogP contribution in [0.1, 0.15) is 22.0 Å². The van der Waals surface area contributed by atoms with Gasteiger partial charge in [-0.25, -0.2) is 4.39 Å². The topological polar surface area (TPSA) is 107 Å². The largest absolute Gasteiger partial charge is 0.387 e. The van der Waals surface area contributed by atoms with Crippen LogP contribution in [0.2, 0.25) is 5.02 Å². The number of pyridine rings is 1. The van der Waals surface area contributed by atoms with Gasteiger partial charge in [-0.2, -0.15) is 0 Å². The maximum atomic E-state index is 14.7. The van der Waals surface area contributed by atoms with Crippen LogP contribution in [0.25, 0.3) is 0 Å². The van der Waals surface area contributed by atoms with E-state index in [0.29, 0.717) is 42.6 Å². The minimum Gasteiger partial charge on any atom is -0.387 e. The molecule has 4 rings (SSSR count). The number of carbonyl (C=O) groups is 1. The van der Waals surface area contributed by atoms with E-state index >= 15 is 0 Å². The smallest absolute Gasteiger partial charge is 0.263 e. The zero-order valence-corrected chi connectivity index (χ0v) is 18.9. The number of nitrogens with zero attached hydrogens (tertiary/aromatic N) is 1. The lowest BCUT2D eigenvalue weighted by Gasteiger charge is -2.29. The van der Waals surface area contributed by atoms with Crippen LogP contribution in [0.15, 0.2) is 59.5 Å². The lowest BCUT2D eigenvalue weighted by atomic mass is 10.1. The third kappa shape index (κ3) is 5.56. The second-order valence-corrected chi connectivity index (χ2v) is 8.20. The number of nitrogens with one attached hydrogen (secondary N) is 3. The van der Waals surface area contributed by atoms with Crippen LogP contribution < -0.4 is 21.1 Å². The molecule has 0 spiro atoms. The number of aliphatic hydroxyl groups excluding tert-OH is 1. The summed E-state index contributed by atoms with van der Waals surface area (Å²) in [6.07, 6.45) is 0.472. The average Bonchev–Trinajstić information content (AvgIpc) is 2.83. The van der Waals surface area contributed by atoms with Crippen molar-refractivity contribution in [2.45, 2.75) is 6.10 Å². The van der Waals surface area contributed by atoms with Crippen LogP contribution in [0, 0.1) is 5.82 Å². The number of H-pyrrole nitrogens is 1. The summed E-state index contributed by atoms with van der Waals surface area (Å²) in [5.41, 5.74) is 0.659. The summed E-state index contributed by atoms with van der Waals surface area (Å²) in [5.74, 6) is -1.19. The molecule has 10 heteroatoms. The Morgan fingerprint density at radius 3 is 2.74 bits per heavy atom. The van der Waals surface area contributed by atoms with Crippen molar-refractivity contribution in [1.82, 2.24) is 4.98 Å². The zero-order chi connectivity index (χ0) is 24.1. The summed E-state index contributed by atoms with van der Waals surface area (Å²) in [5, 5.41) is 16.4. The molecule has 1 amide bonds. The molecule has 178 valence electrons. The fraction of sp³-hybridized carbons (Fsp3) is 0.250. The second kappa shape index (κ2) is 10.7. The number of benzene rings is 2. The molecular formula is C24H24ClFN4O4. The maximum Gasteiger partial charge on any atom is 0.263 e. The maximum absolute atomic E-state index is 14.7. The third-order valence-corrected chi connectivity index (χ3v) is 5.70. The highest BCUT2D eigenvalue weighted by molar-refractivity contribution is 6.30. The number of anilines is 3. The van der Waals surface area contributed by atoms with E-state index in [2.05, 4.69) is 15.6 Å². The predicted molar refractivity (Wildman–Crippen MR) is 129 cm³/mol. The molecule has 34 heavy (non-hydrogen) atoms. The van der Waals surface area contributed by atoms with E-state index in [9.17, 15) is 19.1 Å². The molecule has 2 heterocycles. The Morgan fingerprint density at radius 2 is 2.00 bits per heavy atom. The number of halogens is 2. The van der Waals surface area contributed by atoms with Crippen LogP contribution >= 0.6 is 11.6 Å². The summed E-state index contributed by atoms with van der Waals surface area (Å²) in [7, 11) is 0. The Labute approximate surface area is 200 Å². The Morgan fingerprint density at radius 1 is 1.21 bits per heavy atom. The lowest BCUT2D eigenvalue weighted by Crippen LogP contribution is -2.36. The molecule has 1 aromatic heterocycles. The van der Waals surface area contributed by atoms with Gasteiger partial charge in [0, 0.05) is 36.5 Å².